The highest BCUT2D eigenvalue weighted by Crippen LogP contribution is 2.40. The van der Waals surface area contributed by atoms with Gasteiger partial charge in [-0.1, -0.05) is 13.3 Å². The Bertz CT molecular complexity index is 235. The first-order valence-corrected chi connectivity index (χ1v) is 6.22. The van der Waals surface area contributed by atoms with E-state index in [0.29, 0.717) is 6.04 Å². The minimum absolute atomic E-state index is 0. The second-order valence-electron chi connectivity index (χ2n) is 5.25. The van der Waals surface area contributed by atoms with Crippen LogP contribution in [-0.4, -0.2) is 25.0 Å². The van der Waals surface area contributed by atoms with Gasteiger partial charge in [-0.3, -0.25) is 4.79 Å². The molecule has 3 nitrogen and oxygen atoms in total. The van der Waals surface area contributed by atoms with Gasteiger partial charge in [-0.15, -0.1) is 12.4 Å². The monoisotopic (exact) mass is 246 g/mol. The van der Waals surface area contributed by atoms with E-state index in [2.05, 4.69) is 17.6 Å². The van der Waals surface area contributed by atoms with Crippen molar-refractivity contribution in [3.63, 3.8) is 0 Å². The van der Waals surface area contributed by atoms with Gasteiger partial charge in [0.1, 0.15) is 0 Å². The van der Waals surface area contributed by atoms with Gasteiger partial charge in [0.2, 0.25) is 5.91 Å². The Morgan fingerprint density at radius 2 is 2.19 bits per heavy atom. The van der Waals surface area contributed by atoms with E-state index >= 15 is 0 Å². The first-order chi connectivity index (χ1) is 7.21. The van der Waals surface area contributed by atoms with Crippen molar-refractivity contribution in [2.75, 3.05) is 13.1 Å². The molecular weight excluding hydrogens is 224 g/mol. The summed E-state index contributed by atoms with van der Waals surface area (Å²) in [4.78, 5) is 11.8. The summed E-state index contributed by atoms with van der Waals surface area (Å²) in [6, 6.07) is 0.638. The topological polar surface area (TPSA) is 41.1 Å². The lowest BCUT2D eigenvalue weighted by atomic mass is 9.70. The van der Waals surface area contributed by atoms with Gasteiger partial charge in [0.05, 0.1) is 0 Å². The van der Waals surface area contributed by atoms with Crippen molar-refractivity contribution in [1.29, 1.82) is 0 Å². The van der Waals surface area contributed by atoms with Crippen LogP contribution in [0.1, 0.15) is 45.4 Å². The molecule has 2 aliphatic rings. The molecule has 1 heterocycles. The van der Waals surface area contributed by atoms with E-state index in [1.165, 1.54) is 19.3 Å². The van der Waals surface area contributed by atoms with Gasteiger partial charge in [-0.25, -0.2) is 0 Å². The molecule has 1 aliphatic carbocycles. The molecule has 1 amide bonds. The molecule has 1 atom stereocenters. The molecule has 94 valence electrons. The van der Waals surface area contributed by atoms with Crippen molar-refractivity contribution in [1.82, 2.24) is 10.6 Å². The fraction of sp³-hybridized carbons (Fsp3) is 0.917. The summed E-state index contributed by atoms with van der Waals surface area (Å²) in [5.74, 6) is 0.270. The molecule has 1 saturated heterocycles. The summed E-state index contributed by atoms with van der Waals surface area (Å²) >= 11 is 0. The van der Waals surface area contributed by atoms with Crippen molar-refractivity contribution in [3.05, 3.63) is 0 Å². The molecule has 4 heteroatoms. The molecule has 0 radical (unpaired) electrons. The first-order valence-electron chi connectivity index (χ1n) is 6.22. The average molecular weight is 247 g/mol. The van der Waals surface area contributed by atoms with Crippen molar-refractivity contribution in [2.45, 2.75) is 51.5 Å². The Kier molecular flexibility index (Phi) is 5.06. The number of hydrogen-bond donors (Lipinski definition) is 2. The van der Waals surface area contributed by atoms with Crippen LogP contribution in [0.2, 0.25) is 0 Å². The number of amides is 1. The molecule has 1 aliphatic heterocycles. The number of rotatable bonds is 4. The number of halogens is 1. The number of carbonyl (C=O) groups is 1. The van der Waals surface area contributed by atoms with Crippen LogP contribution < -0.4 is 10.6 Å². The van der Waals surface area contributed by atoms with Gasteiger partial charge >= 0.3 is 0 Å². The molecule has 0 unspecified atom stereocenters. The predicted molar refractivity (Wildman–Crippen MR) is 67.9 cm³/mol. The van der Waals surface area contributed by atoms with E-state index in [-0.39, 0.29) is 23.7 Å². The molecule has 2 fully saturated rings. The maximum absolute atomic E-state index is 11.8. The molecule has 1 saturated carbocycles. The third-order valence-corrected chi connectivity index (χ3v) is 3.95. The largest absolute Gasteiger partial charge is 0.356 e. The van der Waals surface area contributed by atoms with Gasteiger partial charge in [0.25, 0.3) is 0 Å². The SMILES string of the molecule is CC1(C(=O)NCC[C@H]2CCCN2)CCC1.Cl. The molecule has 16 heavy (non-hydrogen) atoms. The molecule has 0 bridgehead atoms. The van der Waals surface area contributed by atoms with Gasteiger partial charge in [0, 0.05) is 18.0 Å². The summed E-state index contributed by atoms with van der Waals surface area (Å²) in [5, 5.41) is 6.52. The lowest BCUT2D eigenvalue weighted by molar-refractivity contribution is -0.134. The molecule has 0 aromatic rings. The fourth-order valence-electron chi connectivity index (χ4n) is 2.51. The van der Waals surface area contributed by atoms with Gasteiger partial charge in [-0.2, -0.15) is 0 Å². The standard InChI is InChI=1S/C12H22N2O.ClH/c1-12(6-3-7-12)11(15)14-9-5-10-4-2-8-13-10;/h10,13H,2-9H2,1H3,(H,14,15);1H/t10-;/m1./s1. The molecule has 0 spiro atoms. The van der Waals surface area contributed by atoms with Crippen LogP contribution in [0.4, 0.5) is 0 Å². The summed E-state index contributed by atoms with van der Waals surface area (Å²) in [6.45, 7) is 4.07. The lowest BCUT2D eigenvalue weighted by Gasteiger charge is -2.36. The van der Waals surface area contributed by atoms with E-state index < -0.39 is 0 Å². The Hall–Kier alpha value is -0.280. The molecule has 2 rings (SSSR count). The summed E-state index contributed by atoms with van der Waals surface area (Å²) < 4.78 is 0. The molecule has 2 N–H and O–H groups in total. The van der Waals surface area contributed by atoms with Crippen LogP contribution in [0.15, 0.2) is 0 Å². The molecule has 0 aromatic heterocycles. The second-order valence-corrected chi connectivity index (χ2v) is 5.25. The zero-order chi connectivity index (χ0) is 10.7. The average Bonchev–Trinajstić information content (AvgIpc) is 2.66. The van der Waals surface area contributed by atoms with Crippen LogP contribution in [-0.2, 0) is 4.79 Å². The van der Waals surface area contributed by atoms with Crippen LogP contribution in [0.5, 0.6) is 0 Å². The minimum Gasteiger partial charge on any atom is -0.356 e. The summed E-state index contributed by atoms with van der Waals surface area (Å²) in [7, 11) is 0. The zero-order valence-electron chi connectivity index (χ0n) is 10.1. The van der Waals surface area contributed by atoms with Crippen LogP contribution in [0.3, 0.4) is 0 Å². The lowest BCUT2D eigenvalue weighted by Crippen LogP contribution is -2.44. The molecular formula is C12H23ClN2O. The van der Waals surface area contributed by atoms with Crippen LogP contribution in [0, 0.1) is 5.41 Å². The Morgan fingerprint density at radius 1 is 1.44 bits per heavy atom. The third-order valence-electron chi connectivity index (χ3n) is 3.95. The van der Waals surface area contributed by atoms with Crippen molar-refractivity contribution in [3.8, 4) is 0 Å². The van der Waals surface area contributed by atoms with Crippen molar-refractivity contribution >= 4 is 18.3 Å². The zero-order valence-corrected chi connectivity index (χ0v) is 10.9. The highest BCUT2D eigenvalue weighted by atomic mass is 35.5. The highest BCUT2D eigenvalue weighted by molar-refractivity contribution is 5.85. The van der Waals surface area contributed by atoms with E-state index in [1.54, 1.807) is 0 Å². The number of nitrogens with one attached hydrogen (secondary N) is 2. The van der Waals surface area contributed by atoms with Gasteiger partial charge in [-0.05, 0) is 38.6 Å². The molecule has 0 aromatic carbocycles. The van der Waals surface area contributed by atoms with E-state index in [9.17, 15) is 4.79 Å². The van der Waals surface area contributed by atoms with E-state index in [1.807, 2.05) is 0 Å². The predicted octanol–water partition coefficient (Wildman–Crippen LogP) is 1.86. The maximum Gasteiger partial charge on any atom is 0.225 e. The van der Waals surface area contributed by atoms with Crippen molar-refractivity contribution < 1.29 is 4.79 Å². The maximum atomic E-state index is 11.8. The van der Waals surface area contributed by atoms with E-state index in [4.69, 9.17) is 0 Å². The van der Waals surface area contributed by atoms with Crippen molar-refractivity contribution in [2.24, 2.45) is 5.41 Å². The Balaban J connectivity index is 0.00000128. The third kappa shape index (κ3) is 3.11. The fourth-order valence-corrected chi connectivity index (χ4v) is 2.51. The minimum atomic E-state index is -0.0386. The van der Waals surface area contributed by atoms with Gasteiger partial charge < -0.3 is 10.6 Å². The Labute approximate surface area is 104 Å². The van der Waals surface area contributed by atoms with E-state index in [0.717, 1.165) is 32.4 Å². The highest BCUT2D eigenvalue weighted by Gasteiger charge is 2.38. The first kappa shape index (κ1) is 13.8. The summed E-state index contributed by atoms with van der Waals surface area (Å²) in [5.41, 5.74) is -0.0386. The van der Waals surface area contributed by atoms with Crippen LogP contribution in [0.25, 0.3) is 0 Å². The van der Waals surface area contributed by atoms with Crippen LogP contribution >= 0.6 is 12.4 Å². The van der Waals surface area contributed by atoms with Gasteiger partial charge in [0.15, 0.2) is 0 Å². The number of hydrogen-bond acceptors (Lipinski definition) is 2. The summed E-state index contributed by atoms with van der Waals surface area (Å²) in [6.07, 6.45) is 7.00. The Morgan fingerprint density at radius 3 is 2.69 bits per heavy atom. The normalized spacial score (nSPS) is 26.7. The number of carbonyl (C=O) groups excluding carboxylic acids is 1. The quantitative estimate of drug-likeness (QED) is 0.795. The smallest absolute Gasteiger partial charge is 0.225 e. The second kappa shape index (κ2) is 5.87.